The van der Waals surface area contributed by atoms with Crippen LogP contribution in [0.2, 0.25) is 0 Å². The number of pyridine rings is 1. The van der Waals surface area contributed by atoms with Crippen molar-refractivity contribution < 1.29 is 18.5 Å². The van der Waals surface area contributed by atoms with E-state index >= 15 is 0 Å². The number of hydrogen-bond acceptors (Lipinski definition) is 5. The number of carbonyl (C=O) groups is 1. The second-order valence-electron chi connectivity index (χ2n) is 5.19. The van der Waals surface area contributed by atoms with E-state index in [-0.39, 0.29) is 18.0 Å². The van der Waals surface area contributed by atoms with Crippen LogP contribution in [0.3, 0.4) is 0 Å². The highest BCUT2D eigenvalue weighted by atomic mass is 19.1. The normalized spacial score (nSPS) is 10.5. The molecule has 25 heavy (non-hydrogen) atoms. The molecule has 0 saturated carbocycles. The van der Waals surface area contributed by atoms with E-state index in [0.29, 0.717) is 11.3 Å². The van der Waals surface area contributed by atoms with Gasteiger partial charge in [-0.1, -0.05) is 23.4 Å². The standard InChI is InChI=1S/C17H14FN3O4/c1-11-9-15(20-25-11)19-16(22)13-6-4-8-21(17(13)23)24-10-12-5-2-3-7-14(12)18/h2-9H,10H2,1H3,(H,19,20,22). The molecule has 128 valence electrons. The van der Waals surface area contributed by atoms with Gasteiger partial charge >= 0.3 is 0 Å². The van der Waals surface area contributed by atoms with E-state index in [1.807, 2.05) is 0 Å². The summed E-state index contributed by atoms with van der Waals surface area (Å²) in [5.41, 5.74) is -0.518. The molecule has 1 amide bonds. The number of rotatable bonds is 5. The van der Waals surface area contributed by atoms with Gasteiger partial charge in [0.05, 0.1) is 0 Å². The molecule has 0 bridgehead atoms. The number of nitrogens with zero attached hydrogens (tertiary/aromatic N) is 2. The first-order chi connectivity index (χ1) is 12.0. The van der Waals surface area contributed by atoms with Crippen molar-refractivity contribution in [3.63, 3.8) is 0 Å². The fourth-order valence-electron chi connectivity index (χ4n) is 2.11. The molecule has 0 aliphatic rings. The second kappa shape index (κ2) is 7.00. The van der Waals surface area contributed by atoms with Crippen molar-refractivity contribution in [1.82, 2.24) is 9.89 Å². The molecule has 0 radical (unpaired) electrons. The van der Waals surface area contributed by atoms with Gasteiger partial charge in [-0.15, -0.1) is 0 Å². The summed E-state index contributed by atoms with van der Waals surface area (Å²) in [5.74, 6) is -0.369. The van der Waals surface area contributed by atoms with Crippen LogP contribution in [0.5, 0.6) is 0 Å². The van der Waals surface area contributed by atoms with Crippen LogP contribution in [0, 0.1) is 12.7 Å². The number of amides is 1. The van der Waals surface area contributed by atoms with Crippen LogP contribution in [0.4, 0.5) is 10.2 Å². The van der Waals surface area contributed by atoms with Crippen molar-refractivity contribution >= 4 is 11.7 Å². The maximum absolute atomic E-state index is 13.6. The van der Waals surface area contributed by atoms with E-state index in [9.17, 15) is 14.0 Å². The Morgan fingerprint density at radius 3 is 2.84 bits per heavy atom. The maximum Gasteiger partial charge on any atom is 0.295 e. The summed E-state index contributed by atoms with van der Waals surface area (Å²) < 4.78 is 19.3. The van der Waals surface area contributed by atoms with E-state index in [1.54, 1.807) is 25.1 Å². The molecule has 3 aromatic rings. The van der Waals surface area contributed by atoms with Crippen molar-refractivity contribution in [3.8, 4) is 0 Å². The summed E-state index contributed by atoms with van der Waals surface area (Å²) in [7, 11) is 0. The van der Waals surface area contributed by atoms with Crippen molar-refractivity contribution in [3.05, 3.63) is 81.7 Å². The first-order valence-electron chi connectivity index (χ1n) is 7.37. The topological polar surface area (TPSA) is 86.4 Å². The highest BCUT2D eigenvalue weighted by Crippen LogP contribution is 2.09. The maximum atomic E-state index is 13.6. The van der Waals surface area contributed by atoms with Crippen molar-refractivity contribution in [2.45, 2.75) is 13.5 Å². The number of nitrogens with one attached hydrogen (secondary N) is 1. The number of benzene rings is 1. The zero-order chi connectivity index (χ0) is 17.8. The molecular weight excluding hydrogens is 329 g/mol. The Labute approximate surface area is 141 Å². The van der Waals surface area contributed by atoms with Crippen LogP contribution in [-0.4, -0.2) is 15.8 Å². The number of carbonyl (C=O) groups excluding carboxylic acids is 1. The van der Waals surface area contributed by atoms with Crippen LogP contribution >= 0.6 is 0 Å². The number of aromatic nitrogens is 2. The summed E-state index contributed by atoms with van der Waals surface area (Å²) in [6.07, 6.45) is 1.35. The van der Waals surface area contributed by atoms with Gasteiger partial charge in [-0.2, -0.15) is 4.73 Å². The van der Waals surface area contributed by atoms with Crippen LogP contribution in [0.15, 0.2) is 58.0 Å². The van der Waals surface area contributed by atoms with Gasteiger partial charge in [-0.25, -0.2) is 4.39 Å². The molecule has 3 rings (SSSR count). The zero-order valence-corrected chi connectivity index (χ0v) is 13.2. The Morgan fingerprint density at radius 1 is 1.32 bits per heavy atom. The summed E-state index contributed by atoms with van der Waals surface area (Å²) >= 11 is 0. The van der Waals surface area contributed by atoms with Crippen LogP contribution in [-0.2, 0) is 6.61 Å². The van der Waals surface area contributed by atoms with Gasteiger partial charge in [0.2, 0.25) is 0 Å². The molecule has 1 N–H and O–H groups in total. The molecule has 0 aliphatic carbocycles. The summed E-state index contributed by atoms with van der Waals surface area (Å²) in [6.45, 7) is 1.52. The van der Waals surface area contributed by atoms with Crippen LogP contribution in [0.25, 0.3) is 0 Å². The first kappa shape index (κ1) is 16.4. The van der Waals surface area contributed by atoms with Crippen molar-refractivity contribution in [1.29, 1.82) is 0 Å². The molecule has 0 spiro atoms. The summed E-state index contributed by atoms with van der Waals surface area (Å²) in [5, 5.41) is 6.09. The van der Waals surface area contributed by atoms with Crippen LogP contribution in [0.1, 0.15) is 21.7 Å². The molecule has 2 aromatic heterocycles. The van der Waals surface area contributed by atoms with Gasteiger partial charge in [0.25, 0.3) is 11.5 Å². The lowest BCUT2D eigenvalue weighted by Gasteiger charge is -2.10. The fourth-order valence-corrected chi connectivity index (χ4v) is 2.11. The average molecular weight is 343 g/mol. The Morgan fingerprint density at radius 2 is 2.12 bits per heavy atom. The van der Waals surface area contributed by atoms with E-state index in [0.717, 1.165) is 4.73 Å². The van der Waals surface area contributed by atoms with E-state index < -0.39 is 17.3 Å². The van der Waals surface area contributed by atoms with Gasteiger partial charge in [0.15, 0.2) is 5.82 Å². The lowest BCUT2D eigenvalue weighted by Crippen LogP contribution is -2.32. The Kier molecular flexibility index (Phi) is 4.60. The lowest BCUT2D eigenvalue weighted by atomic mass is 10.2. The average Bonchev–Trinajstić information content (AvgIpc) is 3.00. The third-order valence-electron chi connectivity index (χ3n) is 3.35. The smallest absolute Gasteiger partial charge is 0.295 e. The molecule has 2 heterocycles. The van der Waals surface area contributed by atoms with Gasteiger partial charge in [0, 0.05) is 17.8 Å². The Balaban J connectivity index is 1.76. The minimum absolute atomic E-state index is 0.142. The molecule has 0 aliphatic heterocycles. The van der Waals surface area contributed by atoms with E-state index in [4.69, 9.17) is 9.36 Å². The van der Waals surface area contributed by atoms with Crippen molar-refractivity contribution in [2.75, 3.05) is 5.32 Å². The highest BCUT2D eigenvalue weighted by molar-refractivity contribution is 6.03. The van der Waals surface area contributed by atoms with E-state index in [2.05, 4.69) is 10.5 Å². The molecule has 7 nitrogen and oxygen atoms in total. The number of anilines is 1. The second-order valence-corrected chi connectivity index (χ2v) is 5.19. The zero-order valence-electron chi connectivity index (χ0n) is 13.2. The molecule has 1 aromatic carbocycles. The third kappa shape index (κ3) is 3.74. The third-order valence-corrected chi connectivity index (χ3v) is 3.35. The largest absolute Gasteiger partial charge is 0.406 e. The predicted molar refractivity (Wildman–Crippen MR) is 86.6 cm³/mol. The molecule has 0 unspecified atom stereocenters. The lowest BCUT2D eigenvalue weighted by molar-refractivity contribution is 0.0847. The van der Waals surface area contributed by atoms with Gasteiger partial charge in [-0.3, -0.25) is 9.59 Å². The van der Waals surface area contributed by atoms with E-state index in [1.165, 1.54) is 30.5 Å². The highest BCUT2D eigenvalue weighted by Gasteiger charge is 2.15. The SMILES string of the molecule is Cc1cc(NC(=O)c2cccn(OCc3ccccc3F)c2=O)no1. The van der Waals surface area contributed by atoms with Crippen LogP contribution < -0.4 is 15.7 Å². The van der Waals surface area contributed by atoms with Crippen molar-refractivity contribution in [2.24, 2.45) is 0 Å². The number of hydrogen-bond donors (Lipinski definition) is 1. The molecule has 0 atom stereocenters. The number of halogens is 1. The van der Waals surface area contributed by atoms with Gasteiger partial charge in [0.1, 0.15) is 23.7 Å². The monoisotopic (exact) mass is 343 g/mol. The molecule has 0 saturated heterocycles. The molecule has 8 heteroatoms. The first-order valence-corrected chi connectivity index (χ1v) is 7.37. The van der Waals surface area contributed by atoms with Gasteiger partial charge < -0.3 is 14.7 Å². The predicted octanol–water partition coefficient (Wildman–Crippen LogP) is 2.16. The Bertz CT molecular complexity index is 964. The summed E-state index contributed by atoms with van der Waals surface area (Å²) in [4.78, 5) is 29.9. The molecular formula is C17H14FN3O4. The minimum Gasteiger partial charge on any atom is -0.406 e. The van der Waals surface area contributed by atoms with Gasteiger partial charge in [-0.05, 0) is 25.1 Å². The number of aryl methyl sites for hydroxylation is 1. The minimum atomic E-state index is -0.670. The Hall–Kier alpha value is -3.42. The molecule has 0 fully saturated rings. The summed E-state index contributed by atoms with van der Waals surface area (Å²) in [6, 6.07) is 10.4. The fraction of sp³-hybridized carbons (Fsp3) is 0.118. The quantitative estimate of drug-likeness (QED) is 0.767.